The molecule has 1 atom stereocenters. The molecule has 1 saturated carbocycles. The molecule has 3 N–H and O–H groups in total. The molecule has 20 heavy (non-hydrogen) atoms. The highest BCUT2D eigenvalue weighted by atomic mass is 19.1. The molecule has 0 radical (unpaired) electrons. The van der Waals surface area contributed by atoms with Crippen LogP contribution >= 0.6 is 0 Å². The van der Waals surface area contributed by atoms with E-state index >= 15 is 0 Å². The largest absolute Gasteiger partial charge is 0.385 e. The van der Waals surface area contributed by atoms with E-state index in [4.69, 9.17) is 5.73 Å². The van der Waals surface area contributed by atoms with Crippen molar-refractivity contribution in [3.8, 4) is 0 Å². The lowest BCUT2D eigenvalue weighted by Crippen LogP contribution is -2.42. The zero-order valence-electron chi connectivity index (χ0n) is 11.8. The van der Waals surface area contributed by atoms with Crippen molar-refractivity contribution < 1.29 is 9.50 Å². The summed E-state index contributed by atoms with van der Waals surface area (Å²) in [6.45, 7) is 2.05. The van der Waals surface area contributed by atoms with Crippen LogP contribution in [0.3, 0.4) is 0 Å². The number of hydrogen-bond acceptors (Lipinski definition) is 3. The highest BCUT2D eigenvalue weighted by Crippen LogP contribution is 2.39. The van der Waals surface area contributed by atoms with Gasteiger partial charge >= 0.3 is 0 Å². The molecule has 1 saturated heterocycles. The maximum Gasteiger partial charge on any atom is 0.123 e. The van der Waals surface area contributed by atoms with Gasteiger partial charge in [-0.25, -0.2) is 4.39 Å². The van der Waals surface area contributed by atoms with E-state index in [9.17, 15) is 9.50 Å². The summed E-state index contributed by atoms with van der Waals surface area (Å²) in [6.07, 6.45) is 4.39. The molecule has 110 valence electrons. The fourth-order valence-electron chi connectivity index (χ4n) is 3.66. The first-order chi connectivity index (χ1) is 9.57. The molecule has 0 amide bonds. The SMILES string of the molecule is N[C@@H]1CCN(C2CCC(O)(c3cccc(F)c3)CC2)C1. The van der Waals surface area contributed by atoms with Gasteiger partial charge in [0.15, 0.2) is 0 Å². The number of nitrogens with zero attached hydrogens (tertiary/aromatic N) is 1. The van der Waals surface area contributed by atoms with Crippen LogP contribution in [0, 0.1) is 5.82 Å². The Morgan fingerprint density at radius 1 is 1.25 bits per heavy atom. The van der Waals surface area contributed by atoms with Crippen molar-refractivity contribution in [3.05, 3.63) is 35.6 Å². The first kappa shape index (κ1) is 14.0. The molecule has 1 aromatic rings. The van der Waals surface area contributed by atoms with Gasteiger partial charge in [0, 0.05) is 25.2 Å². The van der Waals surface area contributed by atoms with Gasteiger partial charge < -0.3 is 10.8 Å². The summed E-state index contributed by atoms with van der Waals surface area (Å²) < 4.78 is 13.3. The molecule has 3 nitrogen and oxygen atoms in total. The Hall–Kier alpha value is -0.970. The highest BCUT2D eigenvalue weighted by molar-refractivity contribution is 5.24. The van der Waals surface area contributed by atoms with Crippen molar-refractivity contribution >= 4 is 0 Å². The van der Waals surface area contributed by atoms with Gasteiger partial charge in [-0.2, -0.15) is 0 Å². The molecule has 3 rings (SSSR count). The van der Waals surface area contributed by atoms with Crippen LogP contribution in [0.1, 0.15) is 37.7 Å². The summed E-state index contributed by atoms with van der Waals surface area (Å²) in [4.78, 5) is 2.45. The second-order valence-corrected chi connectivity index (χ2v) is 6.32. The van der Waals surface area contributed by atoms with Gasteiger partial charge in [0.05, 0.1) is 5.60 Å². The van der Waals surface area contributed by atoms with Crippen molar-refractivity contribution in [1.82, 2.24) is 4.90 Å². The lowest BCUT2D eigenvalue weighted by molar-refractivity contribution is -0.0224. The van der Waals surface area contributed by atoms with Gasteiger partial charge in [-0.3, -0.25) is 4.90 Å². The molecule has 0 spiro atoms. The summed E-state index contributed by atoms with van der Waals surface area (Å²) >= 11 is 0. The lowest BCUT2D eigenvalue weighted by atomic mass is 9.77. The molecule has 0 bridgehead atoms. The monoisotopic (exact) mass is 278 g/mol. The zero-order chi connectivity index (χ0) is 14.2. The Labute approximate surface area is 119 Å². The lowest BCUT2D eigenvalue weighted by Gasteiger charge is -2.40. The Morgan fingerprint density at radius 2 is 2.00 bits per heavy atom. The summed E-state index contributed by atoms with van der Waals surface area (Å²) in [5.41, 5.74) is 5.82. The molecule has 1 heterocycles. The molecule has 0 unspecified atom stereocenters. The van der Waals surface area contributed by atoms with Crippen LogP contribution in [0.5, 0.6) is 0 Å². The molecular formula is C16H23FN2O. The quantitative estimate of drug-likeness (QED) is 0.870. The Morgan fingerprint density at radius 3 is 2.60 bits per heavy atom. The van der Waals surface area contributed by atoms with Crippen LogP contribution < -0.4 is 5.73 Å². The van der Waals surface area contributed by atoms with Crippen molar-refractivity contribution in [3.63, 3.8) is 0 Å². The maximum absolute atomic E-state index is 13.3. The molecule has 0 aromatic heterocycles. The van der Waals surface area contributed by atoms with Crippen LogP contribution in [0.4, 0.5) is 4.39 Å². The van der Waals surface area contributed by atoms with E-state index in [2.05, 4.69) is 4.90 Å². The normalized spacial score (nSPS) is 35.4. The number of hydrogen-bond donors (Lipinski definition) is 2. The third kappa shape index (κ3) is 2.73. The first-order valence-corrected chi connectivity index (χ1v) is 7.55. The summed E-state index contributed by atoms with van der Waals surface area (Å²) in [5.74, 6) is -0.274. The minimum absolute atomic E-state index is 0.274. The number of rotatable bonds is 2. The smallest absolute Gasteiger partial charge is 0.123 e. The topological polar surface area (TPSA) is 49.5 Å². The zero-order valence-corrected chi connectivity index (χ0v) is 11.8. The van der Waals surface area contributed by atoms with Gasteiger partial charge in [-0.05, 0) is 49.8 Å². The predicted molar refractivity (Wildman–Crippen MR) is 76.7 cm³/mol. The molecule has 2 aliphatic rings. The van der Waals surface area contributed by atoms with Crippen LogP contribution in [0.15, 0.2) is 24.3 Å². The Bertz CT molecular complexity index is 471. The molecule has 1 aliphatic heterocycles. The second kappa shape index (κ2) is 5.43. The minimum atomic E-state index is -0.861. The van der Waals surface area contributed by atoms with E-state index in [1.165, 1.54) is 12.1 Å². The third-order valence-corrected chi connectivity index (χ3v) is 4.92. The number of likely N-dealkylation sites (tertiary alicyclic amines) is 1. The minimum Gasteiger partial charge on any atom is -0.385 e. The predicted octanol–water partition coefficient (Wildman–Crippen LogP) is 1.99. The van der Waals surface area contributed by atoms with Gasteiger partial charge in [-0.15, -0.1) is 0 Å². The van der Waals surface area contributed by atoms with Gasteiger partial charge in [0.25, 0.3) is 0 Å². The van der Waals surface area contributed by atoms with Crippen molar-refractivity contribution in [2.45, 2.75) is 49.8 Å². The van der Waals surface area contributed by atoms with Crippen LogP contribution in [0.2, 0.25) is 0 Å². The standard InChI is InChI=1S/C16H23FN2O/c17-13-3-1-2-12(10-13)16(20)7-4-15(5-8-16)19-9-6-14(18)11-19/h1-3,10,14-15,20H,4-9,11,18H2/t14-,15?,16?/m1/s1. The van der Waals surface area contributed by atoms with E-state index in [0.29, 0.717) is 30.5 Å². The van der Waals surface area contributed by atoms with Crippen LogP contribution in [-0.2, 0) is 5.60 Å². The fourth-order valence-corrected chi connectivity index (χ4v) is 3.66. The Kier molecular flexibility index (Phi) is 3.80. The van der Waals surface area contributed by atoms with Gasteiger partial charge in [0.2, 0.25) is 0 Å². The van der Waals surface area contributed by atoms with E-state index in [1.807, 2.05) is 6.07 Å². The average Bonchev–Trinajstić information content (AvgIpc) is 2.86. The molecule has 2 fully saturated rings. The van der Waals surface area contributed by atoms with Gasteiger partial charge in [0.1, 0.15) is 5.82 Å². The first-order valence-electron chi connectivity index (χ1n) is 7.55. The van der Waals surface area contributed by atoms with Crippen LogP contribution in [-0.4, -0.2) is 35.2 Å². The average molecular weight is 278 g/mol. The van der Waals surface area contributed by atoms with E-state index in [0.717, 1.165) is 32.4 Å². The number of nitrogens with two attached hydrogens (primary N) is 1. The molecule has 4 heteroatoms. The van der Waals surface area contributed by atoms with Crippen molar-refractivity contribution in [2.24, 2.45) is 5.73 Å². The van der Waals surface area contributed by atoms with E-state index in [1.54, 1.807) is 6.07 Å². The maximum atomic E-state index is 13.3. The molecule has 1 aliphatic carbocycles. The van der Waals surface area contributed by atoms with Crippen LogP contribution in [0.25, 0.3) is 0 Å². The molecular weight excluding hydrogens is 255 g/mol. The summed E-state index contributed by atoms with van der Waals surface area (Å²) in [6, 6.07) is 7.22. The van der Waals surface area contributed by atoms with Crippen molar-refractivity contribution in [1.29, 1.82) is 0 Å². The second-order valence-electron chi connectivity index (χ2n) is 6.32. The summed E-state index contributed by atoms with van der Waals surface area (Å²) in [5, 5.41) is 10.8. The third-order valence-electron chi connectivity index (χ3n) is 4.92. The number of benzene rings is 1. The summed E-state index contributed by atoms with van der Waals surface area (Å²) in [7, 11) is 0. The van der Waals surface area contributed by atoms with E-state index < -0.39 is 5.60 Å². The fraction of sp³-hybridized carbons (Fsp3) is 0.625. The number of aliphatic hydroxyl groups is 1. The highest BCUT2D eigenvalue weighted by Gasteiger charge is 2.38. The van der Waals surface area contributed by atoms with Crippen molar-refractivity contribution in [2.75, 3.05) is 13.1 Å². The van der Waals surface area contributed by atoms with E-state index in [-0.39, 0.29) is 5.82 Å². The molecule has 1 aromatic carbocycles. The Balaban J connectivity index is 1.65. The number of halogens is 1. The van der Waals surface area contributed by atoms with Gasteiger partial charge in [-0.1, -0.05) is 12.1 Å².